The van der Waals surface area contributed by atoms with Gasteiger partial charge in [0.15, 0.2) is 5.82 Å². The number of amides is 1. The predicted octanol–water partition coefficient (Wildman–Crippen LogP) is 4.91. The third-order valence-corrected chi connectivity index (χ3v) is 3.99. The van der Waals surface area contributed by atoms with Crippen LogP contribution in [-0.4, -0.2) is 42.0 Å². The first-order chi connectivity index (χ1) is 13.7. The molecule has 1 aromatic carbocycles. The number of nitrogens with one attached hydrogen (secondary N) is 1. The summed E-state index contributed by atoms with van der Waals surface area (Å²) in [5, 5.41) is 2.83. The van der Waals surface area contributed by atoms with Crippen molar-refractivity contribution < 1.29 is 18.7 Å². The second-order valence-corrected chi connectivity index (χ2v) is 7.79. The molecule has 0 spiro atoms. The Balaban J connectivity index is 0.00000204. The highest BCUT2D eigenvalue weighted by atomic mass is 19.1. The number of carbonyl (C=O) groups is 1. The van der Waals surface area contributed by atoms with E-state index in [2.05, 4.69) is 29.1 Å². The van der Waals surface area contributed by atoms with Gasteiger partial charge in [-0.25, -0.2) is 14.8 Å². The molecule has 1 amide bonds. The molecule has 0 aliphatic carbocycles. The van der Waals surface area contributed by atoms with Crippen LogP contribution in [0.5, 0.6) is 5.75 Å². The maximum atomic E-state index is 11.8. The van der Waals surface area contributed by atoms with Gasteiger partial charge in [0.1, 0.15) is 11.4 Å². The lowest BCUT2D eigenvalue weighted by atomic mass is 9.97. The Morgan fingerprint density at radius 3 is 2.21 bits per heavy atom. The normalized spacial score (nSPS) is 11.9. The Morgan fingerprint density at radius 2 is 1.69 bits per heavy atom. The second-order valence-electron chi connectivity index (χ2n) is 7.79. The van der Waals surface area contributed by atoms with Crippen molar-refractivity contribution in [3.05, 3.63) is 42.7 Å². The Labute approximate surface area is 172 Å². The van der Waals surface area contributed by atoms with Crippen molar-refractivity contribution in [2.45, 2.75) is 40.2 Å². The minimum atomic E-state index is -0.502. The summed E-state index contributed by atoms with van der Waals surface area (Å²) < 4.78 is 20.7. The lowest BCUT2D eigenvalue weighted by Gasteiger charge is -2.24. The molecule has 0 radical (unpaired) electrons. The molecule has 1 atom stereocenters. The van der Waals surface area contributed by atoms with Gasteiger partial charge in [-0.3, -0.25) is 4.39 Å². The number of hydrogen-bond donors (Lipinski definition) is 1. The lowest BCUT2D eigenvalue weighted by molar-refractivity contribution is 0.0507. The number of hydrogen-bond acceptors (Lipinski definition) is 5. The molecule has 1 aromatic heterocycles. The molecule has 0 saturated heterocycles. The van der Waals surface area contributed by atoms with E-state index in [4.69, 9.17) is 9.47 Å². The summed E-state index contributed by atoms with van der Waals surface area (Å²) in [5.41, 5.74) is 0.438. The average molecular weight is 406 g/mol. The number of carbonyl (C=O) groups excluding carboxylic acids is 1. The highest BCUT2D eigenvalue weighted by molar-refractivity contribution is 5.67. The molecule has 6 nitrogen and oxygen atoms in total. The lowest BCUT2D eigenvalue weighted by Crippen LogP contribution is -2.38. The quantitative estimate of drug-likeness (QED) is 0.709. The van der Waals surface area contributed by atoms with E-state index in [1.54, 1.807) is 18.5 Å². The number of alkyl carbamates (subject to hydrolysis) is 1. The van der Waals surface area contributed by atoms with Gasteiger partial charge < -0.3 is 14.8 Å². The number of benzene rings is 1. The molecule has 160 valence electrons. The van der Waals surface area contributed by atoms with Gasteiger partial charge in [-0.05, 0) is 57.0 Å². The van der Waals surface area contributed by atoms with E-state index in [9.17, 15) is 9.18 Å². The van der Waals surface area contributed by atoms with E-state index in [0.29, 0.717) is 32.1 Å². The number of aromatic nitrogens is 2. The van der Waals surface area contributed by atoms with Gasteiger partial charge in [0.2, 0.25) is 0 Å². The predicted molar refractivity (Wildman–Crippen MR) is 113 cm³/mol. The van der Waals surface area contributed by atoms with Crippen LogP contribution in [0, 0.1) is 11.8 Å². The van der Waals surface area contributed by atoms with Crippen molar-refractivity contribution in [1.82, 2.24) is 15.3 Å². The molecule has 7 heteroatoms. The van der Waals surface area contributed by atoms with Crippen LogP contribution in [0.15, 0.2) is 42.7 Å². The number of ether oxygens (including phenoxy) is 2. The highest BCUT2D eigenvalue weighted by Gasteiger charge is 2.19. The van der Waals surface area contributed by atoms with E-state index in [-0.39, 0.29) is 5.92 Å². The fourth-order valence-electron chi connectivity index (χ4n) is 2.37. The standard InChI is InChI=1S/C21H29N3O3.CH3F/c1-15(2)17(13-24-20(25)27-21(3,4)5)14-26-18-9-7-16(8-10-18)19-22-11-6-12-23-19;1-2/h6-12,15,17H,13-14H2,1-5H3,(H,24,25);1H3. The number of alkyl halides is 1. The molecular formula is C22H32FN3O3. The average Bonchev–Trinajstić information content (AvgIpc) is 2.69. The molecule has 1 heterocycles. The summed E-state index contributed by atoms with van der Waals surface area (Å²) in [5.74, 6) is 2.00. The Bertz CT molecular complexity index is 716. The fourth-order valence-corrected chi connectivity index (χ4v) is 2.37. The van der Waals surface area contributed by atoms with Crippen LogP contribution in [0.3, 0.4) is 0 Å². The zero-order chi connectivity index (χ0) is 21.9. The zero-order valence-electron chi connectivity index (χ0n) is 18.1. The summed E-state index contributed by atoms with van der Waals surface area (Å²) >= 11 is 0. The number of halogens is 1. The summed E-state index contributed by atoms with van der Waals surface area (Å²) in [4.78, 5) is 20.3. The van der Waals surface area contributed by atoms with Crippen LogP contribution in [0.1, 0.15) is 34.6 Å². The van der Waals surface area contributed by atoms with Crippen LogP contribution >= 0.6 is 0 Å². The number of nitrogens with zero attached hydrogens (tertiary/aromatic N) is 2. The SMILES string of the molecule is CC(C)C(CNC(=O)OC(C)(C)C)COc1ccc(-c2ncccn2)cc1.CF. The monoisotopic (exact) mass is 405 g/mol. The molecule has 0 bridgehead atoms. The van der Waals surface area contributed by atoms with Crippen LogP contribution < -0.4 is 10.1 Å². The third kappa shape index (κ3) is 9.36. The minimum Gasteiger partial charge on any atom is -0.493 e. The molecule has 0 fully saturated rings. The van der Waals surface area contributed by atoms with E-state index >= 15 is 0 Å². The van der Waals surface area contributed by atoms with E-state index < -0.39 is 11.7 Å². The van der Waals surface area contributed by atoms with Crippen molar-refractivity contribution in [3.8, 4) is 17.1 Å². The van der Waals surface area contributed by atoms with Gasteiger partial charge in [0.25, 0.3) is 0 Å². The maximum Gasteiger partial charge on any atom is 0.407 e. The van der Waals surface area contributed by atoms with Crippen molar-refractivity contribution in [1.29, 1.82) is 0 Å². The molecule has 2 rings (SSSR count). The van der Waals surface area contributed by atoms with Crippen molar-refractivity contribution in [2.75, 3.05) is 20.3 Å². The van der Waals surface area contributed by atoms with Gasteiger partial charge in [-0.15, -0.1) is 0 Å². The van der Waals surface area contributed by atoms with Crippen molar-refractivity contribution in [3.63, 3.8) is 0 Å². The molecule has 2 aromatic rings. The number of rotatable bonds is 7. The maximum absolute atomic E-state index is 11.8. The van der Waals surface area contributed by atoms with Gasteiger partial charge in [0.05, 0.1) is 13.8 Å². The molecule has 29 heavy (non-hydrogen) atoms. The summed E-state index contributed by atoms with van der Waals surface area (Å²) in [7, 11) is 0.500. The molecule has 0 aliphatic heterocycles. The van der Waals surface area contributed by atoms with Crippen LogP contribution in [0.2, 0.25) is 0 Å². The minimum absolute atomic E-state index is 0.176. The van der Waals surface area contributed by atoms with Crippen LogP contribution in [0.4, 0.5) is 9.18 Å². The van der Waals surface area contributed by atoms with E-state index in [1.165, 1.54) is 0 Å². The van der Waals surface area contributed by atoms with Crippen LogP contribution in [0.25, 0.3) is 11.4 Å². The molecule has 0 saturated carbocycles. The Morgan fingerprint density at radius 1 is 1.10 bits per heavy atom. The Hall–Kier alpha value is -2.70. The third-order valence-electron chi connectivity index (χ3n) is 3.99. The largest absolute Gasteiger partial charge is 0.493 e. The van der Waals surface area contributed by atoms with Gasteiger partial charge in [-0.2, -0.15) is 0 Å². The molecule has 0 aliphatic rings. The summed E-state index contributed by atoms with van der Waals surface area (Å²) in [6, 6.07) is 9.48. The van der Waals surface area contributed by atoms with Crippen LogP contribution in [-0.2, 0) is 4.74 Å². The van der Waals surface area contributed by atoms with E-state index in [0.717, 1.165) is 11.3 Å². The van der Waals surface area contributed by atoms with Gasteiger partial charge >= 0.3 is 6.09 Å². The topological polar surface area (TPSA) is 73.3 Å². The van der Waals surface area contributed by atoms with Crippen molar-refractivity contribution >= 4 is 6.09 Å². The first-order valence-electron chi connectivity index (χ1n) is 9.59. The van der Waals surface area contributed by atoms with E-state index in [1.807, 2.05) is 45.0 Å². The van der Waals surface area contributed by atoms with Gasteiger partial charge in [0, 0.05) is 30.4 Å². The second kappa shape index (κ2) is 12.0. The first kappa shape index (κ1) is 24.3. The smallest absolute Gasteiger partial charge is 0.407 e. The summed E-state index contributed by atoms with van der Waals surface area (Å²) in [6.07, 6.45) is 3.04. The molecule has 1 N–H and O–H groups in total. The fraction of sp³-hybridized carbons (Fsp3) is 0.500. The first-order valence-corrected chi connectivity index (χ1v) is 9.59. The Kier molecular flexibility index (Phi) is 10.1. The zero-order valence-corrected chi connectivity index (χ0v) is 18.1. The summed E-state index contributed by atoms with van der Waals surface area (Å²) in [6.45, 7) is 10.8. The highest BCUT2D eigenvalue weighted by Crippen LogP contribution is 2.20. The van der Waals surface area contributed by atoms with Crippen molar-refractivity contribution in [2.24, 2.45) is 11.8 Å². The molecular weight excluding hydrogens is 373 g/mol. The molecule has 1 unspecified atom stereocenters. The van der Waals surface area contributed by atoms with Gasteiger partial charge in [-0.1, -0.05) is 13.8 Å².